The SMILES string of the molecule is C=C(C)[C@@H]1CC=C2[C@@H](CC[C@]3(C)[C@@H]([C@H](C)CC[C@@H](O)C(C)(C)O)CC[C@@]23C)[C@@]1(C)CCC(=O)O. The van der Waals surface area contributed by atoms with Gasteiger partial charge < -0.3 is 15.3 Å². The molecular formula is C30H50O4. The van der Waals surface area contributed by atoms with E-state index in [0.717, 1.165) is 19.3 Å². The first-order valence-corrected chi connectivity index (χ1v) is 13.6. The second-order valence-electron chi connectivity index (χ2n) is 13.4. The summed E-state index contributed by atoms with van der Waals surface area (Å²) in [7, 11) is 0. The van der Waals surface area contributed by atoms with Gasteiger partial charge in [0.1, 0.15) is 0 Å². The van der Waals surface area contributed by atoms with Crippen molar-refractivity contribution in [3.05, 3.63) is 23.8 Å². The fourth-order valence-electron chi connectivity index (χ4n) is 8.56. The summed E-state index contributed by atoms with van der Waals surface area (Å²) < 4.78 is 0. The van der Waals surface area contributed by atoms with Crippen molar-refractivity contribution in [2.75, 3.05) is 0 Å². The summed E-state index contributed by atoms with van der Waals surface area (Å²) in [6, 6.07) is 0. The van der Waals surface area contributed by atoms with Crippen molar-refractivity contribution in [2.45, 2.75) is 118 Å². The predicted molar refractivity (Wildman–Crippen MR) is 138 cm³/mol. The first kappa shape index (κ1) is 27.5. The van der Waals surface area contributed by atoms with Crippen molar-refractivity contribution in [3.8, 4) is 0 Å². The van der Waals surface area contributed by atoms with E-state index >= 15 is 0 Å². The minimum atomic E-state index is -1.06. The van der Waals surface area contributed by atoms with Gasteiger partial charge in [0, 0.05) is 6.42 Å². The lowest BCUT2D eigenvalue weighted by Gasteiger charge is -2.60. The number of aliphatic hydroxyl groups excluding tert-OH is 1. The second-order valence-corrected chi connectivity index (χ2v) is 13.4. The standard InChI is InChI=1S/C30H50O4/c1-19(2)21-10-11-24-23(28(21,6)16-15-26(32)33)14-18-29(7)22(13-17-30(24,29)8)20(3)9-12-25(31)27(4,5)34/h11,20-23,25,31,34H,1,9-10,12-18H2,2-8H3,(H,32,33)/t20-,21+,22-,23-,25-,28+,29-,30+/m1/s1. The van der Waals surface area contributed by atoms with Crippen molar-refractivity contribution in [1.82, 2.24) is 0 Å². The van der Waals surface area contributed by atoms with Crippen LogP contribution in [0.15, 0.2) is 23.8 Å². The quantitative estimate of drug-likeness (QED) is 0.323. The number of rotatable bonds is 9. The predicted octanol–water partition coefficient (Wildman–Crippen LogP) is 6.76. The van der Waals surface area contributed by atoms with Crippen LogP contribution >= 0.6 is 0 Å². The van der Waals surface area contributed by atoms with E-state index < -0.39 is 17.7 Å². The van der Waals surface area contributed by atoms with Crippen LogP contribution in [0.5, 0.6) is 0 Å². The zero-order chi connectivity index (χ0) is 25.7. The van der Waals surface area contributed by atoms with E-state index in [2.05, 4.69) is 47.3 Å². The van der Waals surface area contributed by atoms with Gasteiger partial charge >= 0.3 is 5.97 Å². The maximum absolute atomic E-state index is 11.5. The molecule has 0 spiro atoms. The lowest BCUT2D eigenvalue weighted by Crippen LogP contribution is -2.52. The second kappa shape index (κ2) is 9.39. The van der Waals surface area contributed by atoms with E-state index in [1.54, 1.807) is 19.4 Å². The number of allylic oxidation sites excluding steroid dienone is 3. The Morgan fingerprint density at radius 3 is 2.41 bits per heavy atom. The zero-order valence-electron chi connectivity index (χ0n) is 22.8. The molecule has 3 aliphatic carbocycles. The third-order valence-electron chi connectivity index (χ3n) is 11.0. The van der Waals surface area contributed by atoms with Crippen LogP contribution < -0.4 is 0 Å². The van der Waals surface area contributed by atoms with Crippen molar-refractivity contribution < 1.29 is 20.1 Å². The van der Waals surface area contributed by atoms with Gasteiger partial charge in [-0.25, -0.2) is 0 Å². The van der Waals surface area contributed by atoms with Gasteiger partial charge in [0.15, 0.2) is 0 Å². The summed E-state index contributed by atoms with van der Waals surface area (Å²) >= 11 is 0. The van der Waals surface area contributed by atoms with Gasteiger partial charge in [-0.1, -0.05) is 51.5 Å². The highest BCUT2D eigenvalue weighted by Crippen LogP contribution is 2.72. The van der Waals surface area contributed by atoms with Crippen molar-refractivity contribution >= 4 is 5.97 Å². The van der Waals surface area contributed by atoms with Gasteiger partial charge in [0.25, 0.3) is 0 Å². The molecule has 0 aromatic rings. The first-order chi connectivity index (χ1) is 15.6. The van der Waals surface area contributed by atoms with Crippen LogP contribution in [0.2, 0.25) is 0 Å². The maximum atomic E-state index is 11.5. The number of carboxylic acids is 1. The summed E-state index contributed by atoms with van der Waals surface area (Å²) in [6.07, 6.45) is 9.97. The van der Waals surface area contributed by atoms with E-state index in [0.29, 0.717) is 36.5 Å². The third kappa shape index (κ3) is 4.54. The minimum absolute atomic E-state index is 0.0564. The lowest BCUT2D eigenvalue weighted by molar-refractivity contribution is -0.138. The highest BCUT2D eigenvalue weighted by molar-refractivity contribution is 5.66. The van der Waals surface area contributed by atoms with Crippen LogP contribution in [0, 0.1) is 39.9 Å². The Kier molecular flexibility index (Phi) is 7.58. The Morgan fingerprint density at radius 2 is 1.85 bits per heavy atom. The summed E-state index contributed by atoms with van der Waals surface area (Å²) in [5.74, 6) is 1.15. The average Bonchev–Trinajstić information content (AvgIpc) is 3.01. The molecule has 4 heteroatoms. The number of carbonyl (C=O) groups is 1. The van der Waals surface area contributed by atoms with Crippen molar-refractivity contribution in [1.29, 1.82) is 0 Å². The topological polar surface area (TPSA) is 77.8 Å². The molecule has 2 saturated carbocycles. The fraction of sp³-hybridized carbons (Fsp3) is 0.833. The first-order valence-electron chi connectivity index (χ1n) is 13.6. The lowest BCUT2D eigenvalue weighted by atomic mass is 9.44. The Labute approximate surface area is 207 Å². The number of aliphatic hydroxyl groups is 2. The number of hydrogen-bond donors (Lipinski definition) is 3. The normalized spacial score (nSPS) is 39.6. The third-order valence-corrected chi connectivity index (χ3v) is 11.0. The molecule has 0 bridgehead atoms. The molecular weight excluding hydrogens is 424 g/mol. The maximum Gasteiger partial charge on any atom is 0.303 e. The van der Waals surface area contributed by atoms with E-state index in [1.807, 2.05) is 0 Å². The molecule has 3 N–H and O–H groups in total. The summed E-state index contributed by atoms with van der Waals surface area (Å²) in [4.78, 5) is 11.5. The van der Waals surface area contributed by atoms with Gasteiger partial charge in [-0.2, -0.15) is 0 Å². The van der Waals surface area contributed by atoms with Crippen LogP contribution in [0.3, 0.4) is 0 Å². The van der Waals surface area contributed by atoms with Crippen LogP contribution in [-0.4, -0.2) is 33.0 Å². The Hall–Kier alpha value is -1.13. The molecule has 2 fully saturated rings. The molecule has 4 nitrogen and oxygen atoms in total. The van der Waals surface area contributed by atoms with Crippen LogP contribution in [0.1, 0.15) is 106 Å². The molecule has 0 heterocycles. The molecule has 0 aliphatic heterocycles. The minimum Gasteiger partial charge on any atom is -0.481 e. The molecule has 194 valence electrons. The van der Waals surface area contributed by atoms with Gasteiger partial charge in [-0.05, 0) is 112 Å². The van der Waals surface area contributed by atoms with Crippen molar-refractivity contribution in [3.63, 3.8) is 0 Å². The van der Waals surface area contributed by atoms with Crippen LogP contribution in [-0.2, 0) is 4.79 Å². The average molecular weight is 475 g/mol. The van der Waals surface area contributed by atoms with Gasteiger partial charge in [0.2, 0.25) is 0 Å². The smallest absolute Gasteiger partial charge is 0.303 e. The summed E-state index contributed by atoms with van der Waals surface area (Å²) in [6.45, 7) is 19.5. The number of aliphatic carboxylic acids is 1. The molecule has 0 radical (unpaired) electrons. The summed E-state index contributed by atoms with van der Waals surface area (Å²) in [5, 5.41) is 30.0. The molecule has 34 heavy (non-hydrogen) atoms. The highest BCUT2D eigenvalue weighted by Gasteiger charge is 2.63. The van der Waals surface area contributed by atoms with Gasteiger partial charge in [-0.15, -0.1) is 0 Å². The summed E-state index contributed by atoms with van der Waals surface area (Å²) in [5.41, 5.74) is 2.01. The van der Waals surface area contributed by atoms with E-state index in [-0.39, 0.29) is 22.7 Å². The van der Waals surface area contributed by atoms with E-state index in [4.69, 9.17) is 0 Å². The molecule has 3 rings (SSSR count). The van der Waals surface area contributed by atoms with E-state index in [9.17, 15) is 20.1 Å². The van der Waals surface area contributed by atoms with E-state index in [1.165, 1.54) is 24.8 Å². The Bertz CT molecular complexity index is 822. The molecule has 0 amide bonds. The molecule has 0 saturated heterocycles. The molecule has 3 aliphatic rings. The Balaban J connectivity index is 1.87. The Morgan fingerprint density at radius 1 is 1.21 bits per heavy atom. The van der Waals surface area contributed by atoms with Crippen molar-refractivity contribution in [2.24, 2.45) is 39.9 Å². The zero-order valence-corrected chi connectivity index (χ0v) is 22.8. The molecule has 0 unspecified atom stereocenters. The number of hydrogen-bond acceptors (Lipinski definition) is 3. The number of carboxylic acid groups (broad SMARTS) is 1. The van der Waals surface area contributed by atoms with Crippen LogP contribution in [0.4, 0.5) is 0 Å². The highest BCUT2D eigenvalue weighted by atomic mass is 16.4. The molecule has 8 atom stereocenters. The molecule has 0 aromatic carbocycles. The number of fused-ring (bicyclic) bond motifs is 3. The van der Waals surface area contributed by atoms with Gasteiger partial charge in [0.05, 0.1) is 11.7 Å². The monoisotopic (exact) mass is 474 g/mol. The fourth-order valence-corrected chi connectivity index (χ4v) is 8.56. The molecule has 0 aromatic heterocycles. The van der Waals surface area contributed by atoms with Crippen LogP contribution in [0.25, 0.3) is 0 Å². The van der Waals surface area contributed by atoms with Gasteiger partial charge in [-0.3, -0.25) is 4.79 Å². The largest absolute Gasteiger partial charge is 0.481 e.